The van der Waals surface area contributed by atoms with E-state index in [4.69, 9.17) is 5.26 Å². The Balaban J connectivity index is 2.59. The van der Waals surface area contributed by atoms with Gasteiger partial charge in [-0.3, -0.25) is 4.68 Å². The van der Waals surface area contributed by atoms with Crippen LogP contribution in [0.2, 0.25) is 0 Å². The van der Waals surface area contributed by atoms with Gasteiger partial charge in [0, 0.05) is 11.9 Å². The van der Waals surface area contributed by atoms with E-state index < -0.39 is 0 Å². The molecule has 0 aliphatic rings. The zero-order valence-corrected chi connectivity index (χ0v) is 8.07. The van der Waals surface area contributed by atoms with Crippen LogP contribution in [0, 0.1) is 11.3 Å². The fourth-order valence-corrected chi connectivity index (χ4v) is 1.53. The van der Waals surface area contributed by atoms with Gasteiger partial charge in [-0.25, -0.2) is 0 Å². The summed E-state index contributed by atoms with van der Waals surface area (Å²) in [5.74, 6) is 0. The lowest BCUT2D eigenvalue weighted by Crippen LogP contribution is -1.97. The molecule has 2 rings (SSSR count). The van der Waals surface area contributed by atoms with Gasteiger partial charge in [-0.05, 0) is 24.6 Å². The van der Waals surface area contributed by atoms with Gasteiger partial charge < -0.3 is 0 Å². The molecule has 3 nitrogen and oxygen atoms in total. The average Bonchev–Trinajstić information content (AvgIpc) is 2.61. The van der Waals surface area contributed by atoms with Crippen LogP contribution in [-0.2, 0) is 6.54 Å². The quantitative estimate of drug-likeness (QED) is 0.720. The van der Waals surface area contributed by atoms with Crippen LogP contribution in [0.5, 0.6) is 0 Å². The molecule has 70 valence electrons. The van der Waals surface area contributed by atoms with Gasteiger partial charge in [0.1, 0.15) is 0 Å². The van der Waals surface area contributed by atoms with Crippen LogP contribution < -0.4 is 0 Å². The number of rotatable bonds is 2. The van der Waals surface area contributed by atoms with E-state index in [9.17, 15) is 0 Å². The summed E-state index contributed by atoms with van der Waals surface area (Å²) in [6.45, 7) is 3.01. The standard InChI is InChI=1S/C11H11N3/c1-2-5-14-11-6-9(7-12)3-4-10(11)8-13-14/h3-4,6,8H,2,5H2,1H3. The molecule has 0 atom stereocenters. The Hall–Kier alpha value is -1.82. The molecule has 1 aromatic heterocycles. The molecule has 0 bridgehead atoms. The van der Waals surface area contributed by atoms with E-state index >= 15 is 0 Å². The first-order valence-corrected chi connectivity index (χ1v) is 4.71. The largest absolute Gasteiger partial charge is 0.265 e. The molecule has 0 fully saturated rings. The maximum Gasteiger partial charge on any atom is 0.0992 e. The van der Waals surface area contributed by atoms with Crippen molar-refractivity contribution >= 4 is 10.9 Å². The molecule has 0 spiro atoms. The lowest BCUT2D eigenvalue weighted by molar-refractivity contribution is 0.622. The number of fused-ring (bicyclic) bond motifs is 1. The first-order chi connectivity index (χ1) is 6.85. The van der Waals surface area contributed by atoms with Crippen LogP contribution in [-0.4, -0.2) is 9.78 Å². The van der Waals surface area contributed by atoms with Crippen molar-refractivity contribution in [2.75, 3.05) is 0 Å². The predicted octanol–water partition coefficient (Wildman–Crippen LogP) is 2.32. The molecule has 2 aromatic rings. The van der Waals surface area contributed by atoms with E-state index in [2.05, 4.69) is 18.1 Å². The maximum atomic E-state index is 8.78. The minimum Gasteiger partial charge on any atom is -0.265 e. The third-order valence-corrected chi connectivity index (χ3v) is 2.21. The number of aryl methyl sites for hydroxylation is 1. The van der Waals surface area contributed by atoms with Crippen LogP contribution >= 0.6 is 0 Å². The highest BCUT2D eigenvalue weighted by Gasteiger charge is 2.02. The highest BCUT2D eigenvalue weighted by molar-refractivity contribution is 5.79. The van der Waals surface area contributed by atoms with Crippen molar-refractivity contribution in [3.63, 3.8) is 0 Å². The monoisotopic (exact) mass is 185 g/mol. The molecule has 0 aliphatic heterocycles. The molecular formula is C11H11N3. The fourth-order valence-electron chi connectivity index (χ4n) is 1.53. The number of hydrogen-bond acceptors (Lipinski definition) is 2. The Morgan fingerprint density at radius 3 is 3.07 bits per heavy atom. The van der Waals surface area contributed by atoms with Crippen molar-refractivity contribution in [1.29, 1.82) is 5.26 Å². The number of hydrogen-bond donors (Lipinski definition) is 0. The van der Waals surface area contributed by atoms with Gasteiger partial charge in [0.25, 0.3) is 0 Å². The van der Waals surface area contributed by atoms with Crippen molar-refractivity contribution < 1.29 is 0 Å². The smallest absolute Gasteiger partial charge is 0.0992 e. The fraction of sp³-hybridized carbons (Fsp3) is 0.273. The summed E-state index contributed by atoms with van der Waals surface area (Å²) < 4.78 is 1.94. The second kappa shape index (κ2) is 3.51. The topological polar surface area (TPSA) is 41.6 Å². The third-order valence-electron chi connectivity index (χ3n) is 2.21. The van der Waals surface area contributed by atoms with E-state index in [0.717, 1.165) is 23.9 Å². The predicted molar refractivity (Wildman–Crippen MR) is 54.7 cm³/mol. The summed E-state index contributed by atoms with van der Waals surface area (Å²) in [5, 5.41) is 14.1. The normalized spacial score (nSPS) is 10.3. The van der Waals surface area contributed by atoms with E-state index in [-0.39, 0.29) is 0 Å². The summed E-state index contributed by atoms with van der Waals surface area (Å²) >= 11 is 0. The van der Waals surface area contributed by atoms with Crippen molar-refractivity contribution in [2.45, 2.75) is 19.9 Å². The van der Waals surface area contributed by atoms with Crippen LogP contribution in [0.4, 0.5) is 0 Å². The average molecular weight is 185 g/mol. The molecule has 1 aromatic carbocycles. The SMILES string of the molecule is CCCn1ncc2ccc(C#N)cc21. The Bertz CT molecular complexity index is 491. The second-order valence-corrected chi connectivity index (χ2v) is 3.25. The minimum atomic E-state index is 0.690. The number of nitriles is 1. The number of aromatic nitrogens is 2. The molecule has 0 N–H and O–H groups in total. The Morgan fingerprint density at radius 1 is 1.50 bits per heavy atom. The number of nitrogens with zero attached hydrogens (tertiary/aromatic N) is 3. The first kappa shape index (κ1) is 8.76. The van der Waals surface area contributed by atoms with Crippen LogP contribution in [0.25, 0.3) is 10.9 Å². The molecule has 0 saturated carbocycles. The van der Waals surface area contributed by atoms with Crippen LogP contribution in [0.1, 0.15) is 18.9 Å². The summed E-state index contributed by atoms with van der Waals surface area (Å²) in [6.07, 6.45) is 2.89. The van der Waals surface area contributed by atoms with Gasteiger partial charge in [0.2, 0.25) is 0 Å². The molecule has 1 heterocycles. The summed E-state index contributed by atoms with van der Waals surface area (Å²) in [7, 11) is 0. The van der Waals surface area contributed by atoms with E-state index in [0.29, 0.717) is 5.56 Å². The molecule has 14 heavy (non-hydrogen) atoms. The molecule has 0 saturated heterocycles. The lowest BCUT2D eigenvalue weighted by atomic mass is 10.2. The van der Waals surface area contributed by atoms with Gasteiger partial charge in [-0.2, -0.15) is 10.4 Å². The van der Waals surface area contributed by atoms with Crippen molar-refractivity contribution in [1.82, 2.24) is 9.78 Å². The van der Waals surface area contributed by atoms with E-state index in [1.54, 1.807) is 0 Å². The molecule has 0 radical (unpaired) electrons. The molecule has 0 amide bonds. The number of benzene rings is 1. The van der Waals surface area contributed by atoms with Crippen molar-refractivity contribution in [2.24, 2.45) is 0 Å². The van der Waals surface area contributed by atoms with Gasteiger partial charge >= 0.3 is 0 Å². The third kappa shape index (κ3) is 1.35. The second-order valence-electron chi connectivity index (χ2n) is 3.25. The summed E-state index contributed by atoms with van der Waals surface area (Å²) in [5.41, 5.74) is 1.74. The Kier molecular flexibility index (Phi) is 2.19. The molecule has 0 aliphatic carbocycles. The summed E-state index contributed by atoms with van der Waals surface area (Å²) in [6, 6.07) is 7.78. The first-order valence-electron chi connectivity index (χ1n) is 4.71. The van der Waals surface area contributed by atoms with Gasteiger partial charge in [0.15, 0.2) is 0 Å². The van der Waals surface area contributed by atoms with Gasteiger partial charge in [-0.1, -0.05) is 6.92 Å². The van der Waals surface area contributed by atoms with Crippen molar-refractivity contribution in [3.8, 4) is 6.07 Å². The minimum absolute atomic E-state index is 0.690. The molecular weight excluding hydrogens is 174 g/mol. The molecule has 0 unspecified atom stereocenters. The maximum absolute atomic E-state index is 8.78. The van der Waals surface area contributed by atoms with Crippen LogP contribution in [0.15, 0.2) is 24.4 Å². The zero-order chi connectivity index (χ0) is 9.97. The van der Waals surface area contributed by atoms with E-state index in [1.165, 1.54) is 0 Å². The summed E-state index contributed by atoms with van der Waals surface area (Å²) in [4.78, 5) is 0. The van der Waals surface area contributed by atoms with Gasteiger partial charge in [0.05, 0.1) is 23.3 Å². The lowest BCUT2D eigenvalue weighted by Gasteiger charge is -2.00. The molecule has 3 heteroatoms. The van der Waals surface area contributed by atoms with Crippen LogP contribution in [0.3, 0.4) is 0 Å². The zero-order valence-electron chi connectivity index (χ0n) is 8.07. The highest BCUT2D eigenvalue weighted by atomic mass is 15.3. The Labute approximate surface area is 82.6 Å². The van der Waals surface area contributed by atoms with Crippen molar-refractivity contribution in [3.05, 3.63) is 30.0 Å². The Morgan fingerprint density at radius 2 is 2.36 bits per heavy atom. The highest BCUT2D eigenvalue weighted by Crippen LogP contribution is 2.15. The van der Waals surface area contributed by atoms with E-state index in [1.807, 2.05) is 29.1 Å². The van der Waals surface area contributed by atoms with Gasteiger partial charge in [-0.15, -0.1) is 0 Å².